The van der Waals surface area contributed by atoms with Gasteiger partial charge in [0.1, 0.15) is 12.4 Å². The molecule has 2 N–H and O–H groups in total. The summed E-state index contributed by atoms with van der Waals surface area (Å²) in [7, 11) is 0. The highest BCUT2D eigenvalue weighted by atomic mass is 15.4. The average molecular weight is 262 g/mol. The van der Waals surface area contributed by atoms with Gasteiger partial charge in [0.15, 0.2) is 11.6 Å². The van der Waals surface area contributed by atoms with Crippen molar-refractivity contribution in [3.63, 3.8) is 0 Å². The van der Waals surface area contributed by atoms with Crippen LogP contribution in [0.15, 0.2) is 48.9 Å². The molecule has 0 atom stereocenters. The summed E-state index contributed by atoms with van der Waals surface area (Å²) < 4.78 is 1.48. The Morgan fingerprint density at radius 2 is 2.05 bits per heavy atom. The first-order valence-corrected chi connectivity index (χ1v) is 5.91. The van der Waals surface area contributed by atoms with Crippen LogP contribution in [0.3, 0.4) is 0 Å². The van der Waals surface area contributed by atoms with E-state index in [0.29, 0.717) is 22.9 Å². The van der Waals surface area contributed by atoms with Crippen molar-refractivity contribution in [1.29, 1.82) is 5.26 Å². The van der Waals surface area contributed by atoms with Crippen LogP contribution in [0.5, 0.6) is 0 Å². The van der Waals surface area contributed by atoms with Crippen molar-refractivity contribution in [3.8, 4) is 23.3 Å². The van der Waals surface area contributed by atoms with Crippen LogP contribution >= 0.6 is 0 Å². The molecule has 0 fully saturated rings. The lowest BCUT2D eigenvalue weighted by Crippen LogP contribution is -2.01. The summed E-state index contributed by atoms with van der Waals surface area (Å²) in [5.74, 6) is 0.990. The van der Waals surface area contributed by atoms with E-state index in [2.05, 4.69) is 21.1 Å². The molecule has 0 saturated carbocycles. The minimum atomic E-state index is 0.441. The predicted molar refractivity (Wildman–Crippen MR) is 73.7 cm³/mol. The van der Waals surface area contributed by atoms with Gasteiger partial charge < -0.3 is 5.73 Å². The number of rotatable bonds is 2. The highest BCUT2D eigenvalue weighted by molar-refractivity contribution is 5.60. The van der Waals surface area contributed by atoms with E-state index in [9.17, 15) is 0 Å². The second-order valence-electron chi connectivity index (χ2n) is 4.12. The lowest BCUT2D eigenvalue weighted by molar-refractivity contribution is 0.844. The van der Waals surface area contributed by atoms with Gasteiger partial charge in [-0.1, -0.05) is 12.1 Å². The normalized spacial score (nSPS) is 10.2. The molecule has 0 saturated heterocycles. The minimum absolute atomic E-state index is 0.441. The summed E-state index contributed by atoms with van der Waals surface area (Å²) in [4.78, 5) is 8.38. The number of aromatic nitrogens is 4. The third-order valence-corrected chi connectivity index (χ3v) is 2.76. The molecule has 0 aliphatic rings. The molecule has 3 aromatic rings. The highest BCUT2D eigenvalue weighted by Crippen LogP contribution is 2.18. The van der Waals surface area contributed by atoms with Gasteiger partial charge in [-0.2, -0.15) is 5.26 Å². The van der Waals surface area contributed by atoms with Crippen molar-refractivity contribution in [2.75, 3.05) is 5.73 Å². The molecule has 0 spiro atoms. The second-order valence-corrected chi connectivity index (χ2v) is 4.12. The highest BCUT2D eigenvalue weighted by Gasteiger charge is 2.09. The minimum Gasteiger partial charge on any atom is -0.399 e. The number of benzene rings is 1. The van der Waals surface area contributed by atoms with E-state index in [1.165, 1.54) is 11.0 Å². The van der Waals surface area contributed by atoms with Gasteiger partial charge >= 0.3 is 0 Å². The van der Waals surface area contributed by atoms with Crippen molar-refractivity contribution in [2.24, 2.45) is 0 Å². The van der Waals surface area contributed by atoms with Gasteiger partial charge in [0.25, 0.3) is 0 Å². The third kappa shape index (κ3) is 2.08. The molecule has 6 nitrogen and oxygen atoms in total. The Morgan fingerprint density at radius 1 is 1.15 bits per heavy atom. The fraction of sp³-hybridized carbons (Fsp3) is 0. The first kappa shape index (κ1) is 11.9. The Hall–Kier alpha value is -3.20. The number of hydrogen-bond acceptors (Lipinski definition) is 5. The zero-order valence-corrected chi connectivity index (χ0v) is 10.4. The number of nitrogens with zero attached hydrogens (tertiary/aromatic N) is 5. The van der Waals surface area contributed by atoms with Gasteiger partial charge in [-0.15, -0.1) is 5.10 Å². The van der Waals surface area contributed by atoms with E-state index in [0.717, 1.165) is 5.56 Å². The lowest BCUT2D eigenvalue weighted by atomic mass is 10.2. The molecule has 2 aromatic heterocycles. The summed E-state index contributed by atoms with van der Waals surface area (Å²) in [6.07, 6.45) is 3.14. The smallest absolute Gasteiger partial charge is 0.181 e. The van der Waals surface area contributed by atoms with E-state index in [4.69, 9.17) is 11.0 Å². The molecule has 3 rings (SSSR count). The third-order valence-electron chi connectivity index (χ3n) is 2.76. The maximum atomic E-state index is 9.07. The second kappa shape index (κ2) is 4.82. The van der Waals surface area contributed by atoms with E-state index in [1.807, 2.05) is 12.1 Å². The molecule has 0 bridgehead atoms. The zero-order valence-electron chi connectivity index (χ0n) is 10.4. The lowest BCUT2D eigenvalue weighted by Gasteiger charge is -2.00. The summed E-state index contributed by atoms with van der Waals surface area (Å²) in [6.45, 7) is 0. The van der Waals surface area contributed by atoms with Crippen LogP contribution in [-0.4, -0.2) is 19.7 Å². The van der Waals surface area contributed by atoms with Crippen LogP contribution in [-0.2, 0) is 0 Å². The summed E-state index contributed by atoms with van der Waals surface area (Å²) in [5.41, 5.74) is 7.65. The van der Waals surface area contributed by atoms with Gasteiger partial charge in [0.05, 0.1) is 5.56 Å². The zero-order chi connectivity index (χ0) is 13.9. The largest absolute Gasteiger partial charge is 0.399 e. The van der Waals surface area contributed by atoms with Crippen LogP contribution in [0, 0.1) is 11.3 Å². The molecule has 1 aromatic carbocycles. The number of pyridine rings is 1. The molecule has 6 heteroatoms. The molecule has 0 radical (unpaired) electrons. The number of anilines is 1. The molecule has 20 heavy (non-hydrogen) atoms. The Bertz CT molecular complexity index is 799. The summed E-state index contributed by atoms with van der Waals surface area (Å²) in [6, 6.07) is 12.8. The van der Waals surface area contributed by atoms with Crippen LogP contribution < -0.4 is 5.73 Å². The standard InChI is InChI=1S/C14H10N6/c15-8-11-4-2-6-17-14(11)20-9-18-13(19-20)10-3-1-5-12(16)7-10/h1-7,9H,16H2. The first-order chi connectivity index (χ1) is 9.78. The number of hydrogen-bond donors (Lipinski definition) is 1. The van der Waals surface area contributed by atoms with Gasteiger partial charge in [-0.25, -0.2) is 14.6 Å². The number of nitriles is 1. The number of nitrogens with two attached hydrogens (primary N) is 1. The van der Waals surface area contributed by atoms with Crippen molar-refractivity contribution >= 4 is 5.69 Å². The van der Waals surface area contributed by atoms with Crippen molar-refractivity contribution in [2.45, 2.75) is 0 Å². The van der Waals surface area contributed by atoms with Crippen LogP contribution in [0.25, 0.3) is 17.2 Å². The molecular weight excluding hydrogens is 252 g/mol. The van der Waals surface area contributed by atoms with Gasteiger partial charge in [0, 0.05) is 17.4 Å². The topological polar surface area (TPSA) is 93.4 Å². The van der Waals surface area contributed by atoms with Gasteiger partial charge in [0.2, 0.25) is 0 Å². The molecule has 2 heterocycles. The van der Waals surface area contributed by atoms with Crippen LogP contribution in [0.1, 0.15) is 5.56 Å². The molecule has 96 valence electrons. The number of nitrogen functional groups attached to an aromatic ring is 1. The van der Waals surface area contributed by atoms with E-state index in [-0.39, 0.29) is 0 Å². The summed E-state index contributed by atoms with van der Waals surface area (Å²) >= 11 is 0. The maximum absolute atomic E-state index is 9.07. The van der Waals surface area contributed by atoms with Gasteiger partial charge in [-0.3, -0.25) is 0 Å². The van der Waals surface area contributed by atoms with E-state index in [1.54, 1.807) is 30.5 Å². The van der Waals surface area contributed by atoms with Crippen molar-refractivity contribution < 1.29 is 0 Å². The van der Waals surface area contributed by atoms with Crippen LogP contribution in [0.2, 0.25) is 0 Å². The van der Waals surface area contributed by atoms with Crippen molar-refractivity contribution in [3.05, 3.63) is 54.5 Å². The Kier molecular flexibility index (Phi) is 2.86. The molecule has 0 amide bonds. The average Bonchev–Trinajstić information content (AvgIpc) is 2.97. The van der Waals surface area contributed by atoms with E-state index < -0.39 is 0 Å². The first-order valence-electron chi connectivity index (χ1n) is 5.91. The Morgan fingerprint density at radius 3 is 2.85 bits per heavy atom. The van der Waals surface area contributed by atoms with Gasteiger partial charge in [-0.05, 0) is 24.3 Å². The van der Waals surface area contributed by atoms with Crippen molar-refractivity contribution in [1.82, 2.24) is 19.7 Å². The summed E-state index contributed by atoms with van der Waals surface area (Å²) in [5, 5.41) is 13.4. The van der Waals surface area contributed by atoms with E-state index >= 15 is 0 Å². The molecule has 0 unspecified atom stereocenters. The molecular formula is C14H10N6. The predicted octanol–water partition coefficient (Wildman–Crippen LogP) is 1.78. The Balaban J connectivity index is 2.05. The Labute approximate surface area is 115 Å². The fourth-order valence-corrected chi connectivity index (χ4v) is 1.84. The van der Waals surface area contributed by atoms with Crippen LogP contribution in [0.4, 0.5) is 5.69 Å². The monoisotopic (exact) mass is 262 g/mol. The molecule has 0 aliphatic carbocycles. The molecule has 0 aliphatic heterocycles. The SMILES string of the molecule is N#Cc1cccnc1-n1cnc(-c2cccc(N)c2)n1. The maximum Gasteiger partial charge on any atom is 0.181 e. The quantitative estimate of drug-likeness (QED) is 0.710. The fourth-order valence-electron chi connectivity index (χ4n) is 1.84.